The second kappa shape index (κ2) is 7.25. The van der Waals surface area contributed by atoms with Crippen LogP contribution in [0.3, 0.4) is 0 Å². The molecule has 3 aromatic rings. The lowest BCUT2D eigenvalue weighted by Crippen LogP contribution is -2.13. The lowest BCUT2D eigenvalue weighted by atomic mass is 10.1. The van der Waals surface area contributed by atoms with Gasteiger partial charge in [-0.25, -0.2) is 4.98 Å². The van der Waals surface area contributed by atoms with Crippen LogP contribution in [-0.4, -0.2) is 15.1 Å². The van der Waals surface area contributed by atoms with E-state index in [1.54, 1.807) is 11.3 Å². The third-order valence-electron chi connectivity index (χ3n) is 4.58. The van der Waals surface area contributed by atoms with Crippen LogP contribution < -0.4 is 11.3 Å². The van der Waals surface area contributed by atoms with Crippen molar-refractivity contribution in [1.82, 2.24) is 9.97 Å². The van der Waals surface area contributed by atoms with E-state index in [0.29, 0.717) is 16.7 Å². The van der Waals surface area contributed by atoms with E-state index in [4.69, 9.17) is 5.73 Å². The molecule has 0 saturated heterocycles. The van der Waals surface area contributed by atoms with Crippen molar-refractivity contribution in [3.63, 3.8) is 0 Å². The largest absolute Gasteiger partial charge is 0.379 e. The standard InChI is InChI=1S/C19H20N4OS2/c1-11(12-6-3-2-4-7-12)21-19(20)25-10-15-22-17(24)16-13-8-5-9-14(13)26-18(16)23-15/h2-4,6-7,11H,5,8-10H2,1H3,(H2,20,21)(H,22,23,24)/t11-/m1/s1. The molecule has 5 nitrogen and oxygen atoms in total. The van der Waals surface area contributed by atoms with Crippen LogP contribution in [0.25, 0.3) is 10.2 Å². The third kappa shape index (κ3) is 3.41. The monoisotopic (exact) mass is 384 g/mol. The van der Waals surface area contributed by atoms with Crippen LogP contribution in [0.15, 0.2) is 40.1 Å². The number of benzene rings is 1. The van der Waals surface area contributed by atoms with E-state index in [-0.39, 0.29) is 11.6 Å². The Morgan fingerprint density at radius 1 is 1.38 bits per heavy atom. The van der Waals surface area contributed by atoms with E-state index < -0.39 is 0 Å². The van der Waals surface area contributed by atoms with Gasteiger partial charge < -0.3 is 10.7 Å². The van der Waals surface area contributed by atoms with Crippen molar-refractivity contribution in [2.45, 2.75) is 38.0 Å². The highest BCUT2D eigenvalue weighted by atomic mass is 32.2. The van der Waals surface area contributed by atoms with Gasteiger partial charge in [0.05, 0.1) is 17.2 Å². The van der Waals surface area contributed by atoms with Crippen molar-refractivity contribution in [1.29, 1.82) is 0 Å². The number of H-pyrrole nitrogens is 1. The first-order valence-electron chi connectivity index (χ1n) is 8.66. The number of fused-ring (bicyclic) bond motifs is 3. The molecule has 1 atom stereocenters. The zero-order chi connectivity index (χ0) is 18.1. The van der Waals surface area contributed by atoms with E-state index in [2.05, 4.69) is 15.0 Å². The molecule has 0 radical (unpaired) electrons. The van der Waals surface area contributed by atoms with Gasteiger partial charge in [-0.3, -0.25) is 9.79 Å². The predicted molar refractivity (Wildman–Crippen MR) is 110 cm³/mol. The number of thiophene rings is 1. The van der Waals surface area contributed by atoms with Gasteiger partial charge >= 0.3 is 0 Å². The van der Waals surface area contributed by atoms with Gasteiger partial charge in [0.1, 0.15) is 10.7 Å². The highest BCUT2D eigenvalue weighted by molar-refractivity contribution is 8.13. The molecule has 0 fully saturated rings. The van der Waals surface area contributed by atoms with E-state index in [0.717, 1.165) is 35.0 Å². The zero-order valence-electron chi connectivity index (χ0n) is 14.5. The number of hydrogen-bond donors (Lipinski definition) is 2. The van der Waals surface area contributed by atoms with Crippen molar-refractivity contribution in [2.75, 3.05) is 0 Å². The Hall–Kier alpha value is -2.12. The van der Waals surface area contributed by atoms with Crippen molar-refractivity contribution >= 4 is 38.5 Å². The van der Waals surface area contributed by atoms with Crippen LogP contribution in [0.1, 0.15) is 41.2 Å². The maximum absolute atomic E-state index is 12.5. The number of hydrogen-bond acceptors (Lipinski definition) is 5. The van der Waals surface area contributed by atoms with E-state index in [1.807, 2.05) is 37.3 Å². The summed E-state index contributed by atoms with van der Waals surface area (Å²) in [5.41, 5.74) is 8.36. The Labute approximate surface area is 159 Å². The Morgan fingerprint density at radius 2 is 2.19 bits per heavy atom. The number of aromatic nitrogens is 2. The fourth-order valence-corrected chi connectivity index (χ4v) is 5.23. The number of nitrogens with zero attached hydrogens (tertiary/aromatic N) is 2. The molecule has 0 amide bonds. The van der Waals surface area contributed by atoms with Gasteiger partial charge in [-0.15, -0.1) is 11.3 Å². The minimum Gasteiger partial charge on any atom is -0.379 e. The number of nitrogens with two attached hydrogens (primary N) is 1. The average molecular weight is 385 g/mol. The summed E-state index contributed by atoms with van der Waals surface area (Å²) in [6.45, 7) is 2.02. The van der Waals surface area contributed by atoms with E-state index in [1.165, 1.54) is 22.2 Å². The fourth-order valence-electron chi connectivity index (χ4n) is 3.29. The summed E-state index contributed by atoms with van der Waals surface area (Å²) in [6, 6.07) is 10.0. The van der Waals surface area contributed by atoms with Crippen molar-refractivity contribution < 1.29 is 0 Å². The maximum atomic E-state index is 12.5. The predicted octanol–water partition coefficient (Wildman–Crippen LogP) is 3.78. The summed E-state index contributed by atoms with van der Waals surface area (Å²) >= 11 is 3.06. The van der Waals surface area contributed by atoms with Crippen LogP contribution in [0.5, 0.6) is 0 Å². The first-order chi connectivity index (χ1) is 12.6. The summed E-state index contributed by atoms with van der Waals surface area (Å²) in [7, 11) is 0. The number of thioether (sulfide) groups is 1. The molecule has 7 heteroatoms. The Morgan fingerprint density at radius 3 is 3.00 bits per heavy atom. The van der Waals surface area contributed by atoms with Crippen LogP contribution in [0.2, 0.25) is 0 Å². The molecular weight excluding hydrogens is 364 g/mol. The topological polar surface area (TPSA) is 84.1 Å². The smallest absolute Gasteiger partial charge is 0.259 e. The summed E-state index contributed by atoms with van der Waals surface area (Å²) in [5.74, 6) is 1.16. The minimum absolute atomic E-state index is 0.00143. The molecule has 3 N–H and O–H groups in total. The Balaban J connectivity index is 1.49. The number of aliphatic imine (C=N–C) groups is 1. The van der Waals surface area contributed by atoms with Crippen molar-refractivity contribution in [2.24, 2.45) is 10.7 Å². The number of amidine groups is 1. The molecular formula is C19H20N4OS2. The Bertz CT molecular complexity index is 1020. The number of nitrogens with one attached hydrogen (secondary N) is 1. The normalized spacial score (nSPS) is 15.3. The van der Waals surface area contributed by atoms with Gasteiger partial charge in [0.2, 0.25) is 0 Å². The number of rotatable bonds is 4. The fraction of sp³-hybridized carbons (Fsp3) is 0.316. The molecule has 2 aromatic heterocycles. The van der Waals surface area contributed by atoms with E-state index in [9.17, 15) is 4.79 Å². The van der Waals surface area contributed by atoms with Gasteiger partial charge in [0, 0.05) is 4.88 Å². The average Bonchev–Trinajstić information content (AvgIpc) is 3.21. The first kappa shape index (κ1) is 17.3. The maximum Gasteiger partial charge on any atom is 0.259 e. The van der Waals surface area contributed by atoms with E-state index >= 15 is 0 Å². The van der Waals surface area contributed by atoms with Crippen LogP contribution >= 0.6 is 23.1 Å². The molecule has 1 aromatic carbocycles. The summed E-state index contributed by atoms with van der Waals surface area (Å²) in [4.78, 5) is 26.7. The quantitative estimate of drug-likeness (QED) is 0.529. The molecule has 0 aliphatic heterocycles. The number of aromatic amines is 1. The molecule has 4 rings (SSSR count). The highest BCUT2D eigenvalue weighted by Crippen LogP contribution is 2.34. The summed E-state index contributed by atoms with van der Waals surface area (Å²) in [5, 5.41) is 1.29. The zero-order valence-corrected chi connectivity index (χ0v) is 16.1. The van der Waals surface area contributed by atoms with Gasteiger partial charge in [-0.1, -0.05) is 42.1 Å². The van der Waals surface area contributed by atoms with Gasteiger partial charge in [-0.2, -0.15) is 0 Å². The molecule has 0 spiro atoms. The SMILES string of the molecule is C[C@@H](N=C(N)SCc1nc2sc3c(c2c(=O)[nH]1)CCC3)c1ccccc1. The first-order valence-corrected chi connectivity index (χ1v) is 10.5. The van der Waals surface area contributed by atoms with Crippen LogP contribution in [0, 0.1) is 0 Å². The molecule has 1 aliphatic rings. The third-order valence-corrected chi connectivity index (χ3v) is 6.59. The molecule has 2 heterocycles. The second-order valence-electron chi connectivity index (χ2n) is 6.39. The van der Waals surface area contributed by atoms with Gasteiger partial charge in [0.15, 0.2) is 5.17 Å². The van der Waals surface area contributed by atoms with Crippen molar-refractivity contribution in [3.8, 4) is 0 Å². The molecule has 0 unspecified atom stereocenters. The molecule has 26 heavy (non-hydrogen) atoms. The van der Waals surface area contributed by atoms with Crippen LogP contribution in [-0.2, 0) is 18.6 Å². The molecule has 1 aliphatic carbocycles. The lowest BCUT2D eigenvalue weighted by molar-refractivity contribution is 0.822. The number of aryl methyl sites for hydroxylation is 2. The van der Waals surface area contributed by atoms with Gasteiger partial charge in [0.25, 0.3) is 5.56 Å². The van der Waals surface area contributed by atoms with Gasteiger partial charge in [-0.05, 0) is 37.3 Å². The highest BCUT2D eigenvalue weighted by Gasteiger charge is 2.21. The van der Waals surface area contributed by atoms with Crippen LogP contribution in [0.4, 0.5) is 0 Å². The molecule has 0 bridgehead atoms. The summed E-state index contributed by atoms with van der Waals surface area (Å²) in [6.07, 6.45) is 3.20. The van der Waals surface area contributed by atoms with Crippen molar-refractivity contribution in [3.05, 3.63) is 62.5 Å². The molecule has 134 valence electrons. The second-order valence-corrected chi connectivity index (χ2v) is 8.47. The minimum atomic E-state index is -0.0295. The lowest BCUT2D eigenvalue weighted by Gasteiger charge is -2.08. The summed E-state index contributed by atoms with van der Waals surface area (Å²) < 4.78 is 0. The molecule has 0 saturated carbocycles. The Kier molecular flexibility index (Phi) is 4.82.